The Kier molecular flexibility index (Phi) is 4.09. The lowest BCUT2D eigenvalue weighted by molar-refractivity contribution is 0.426. The molecule has 2 N–H and O–H groups in total. The van der Waals surface area contributed by atoms with Gasteiger partial charge in [-0.15, -0.1) is 11.8 Å². The zero-order valence-corrected chi connectivity index (χ0v) is 11.4. The van der Waals surface area contributed by atoms with Crippen LogP contribution in [-0.4, -0.2) is 40.2 Å². The lowest BCUT2D eigenvalue weighted by atomic mass is 10.4. The van der Waals surface area contributed by atoms with Gasteiger partial charge in [0.2, 0.25) is 0 Å². The summed E-state index contributed by atoms with van der Waals surface area (Å²) in [5.74, 6) is 0.569. The molecule has 9 heteroatoms. The van der Waals surface area contributed by atoms with Crippen LogP contribution in [0.15, 0.2) is 32.9 Å². The second-order valence-corrected chi connectivity index (χ2v) is 7.02. The van der Waals surface area contributed by atoms with Gasteiger partial charge in [0.1, 0.15) is 0 Å². The van der Waals surface area contributed by atoms with Gasteiger partial charge >= 0.3 is 0 Å². The maximum absolute atomic E-state index is 11.1. The van der Waals surface area contributed by atoms with E-state index in [4.69, 9.17) is 13.8 Å². The molecule has 1 heterocycles. The van der Waals surface area contributed by atoms with Crippen molar-refractivity contribution in [1.29, 1.82) is 0 Å². The summed E-state index contributed by atoms with van der Waals surface area (Å²) in [6.07, 6.45) is 0.101. The summed E-state index contributed by atoms with van der Waals surface area (Å²) in [5, 5.41) is 0. The highest BCUT2D eigenvalue weighted by Gasteiger charge is 2.24. The monoisotopic (exact) mass is 310 g/mol. The van der Waals surface area contributed by atoms with Crippen LogP contribution in [0.5, 0.6) is 0 Å². The molecular weight excluding hydrogens is 300 g/mol. The van der Waals surface area contributed by atoms with Crippen LogP contribution >= 0.6 is 11.8 Å². The van der Waals surface area contributed by atoms with Crippen LogP contribution in [0, 0.1) is 0 Å². The number of hydrogen-bond acceptors (Lipinski definition) is 5. The molecule has 1 saturated heterocycles. The molecule has 2 unspecified atom stereocenters. The predicted octanol–water partition coefficient (Wildman–Crippen LogP) is 1.00. The minimum atomic E-state index is -4.32. The quantitative estimate of drug-likeness (QED) is 0.362. The average Bonchev–Trinajstić information content (AvgIpc) is 3.08. The van der Waals surface area contributed by atoms with Crippen LogP contribution in [-0.2, 0) is 25.9 Å². The van der Waals surface area contributed by atoms with Gasteiger partial charge in [0, 0.05) is 10.6 Å². The first kappa shape index (κ1) is 14.0. The summed E-state index contributed by atoms with van der Waals surface area (Å²) < 4.78 is 56.1. The van der Waals surface area contributed by atoms with Crippen molar-refractivity contribution in [3.8, 4) is 0 Å². The van der Waals surface area contributed by atoms with Crippen molar-refractivity contribution in [2.24, 2.45) is 0 Å². The van der Waals surface area contributed by atoms with E-state index in [1.807, 2.05) is 0 Å². The smallest absolute Gasteiger partial charge is 0.294 e. The number of rotatable bonds is 5. The molecule has 2 atom stereocenters. The van der Waals surface area contributed by atoms with Gasteiger partial charge in [0.25, 0.3) is 10.1 Å². The summed E-state index contributed by atoms with van der Waals surface area (Å²) >= 11 is -0.985. The third-order valence-corrected chi connectivity index (χ3v) is 5.13. The maximum Gasteiger partial charge on any atom is 0.294 e. The average molecular weight is 310 g/mol. The Morgan fingerprint density at radius 2 is 2.17 bits per heavy atom. The van der Waals surface area contributed by atoms with Gasteiger partial charge < -0.3 is 9.29 Å². The molecule has 0 aromatic heterocycles. The maximum atomic E-state index is 11.1. The Hall–Kier alpha value is -0.450. The molecule has 18 heavy (non-hydrogen) atoms. The number of thioether (sulfide) groups is 1. The van der Waals surface area contributed by atoms with Gasteiger partial charge in [-0.05, 0) is 18.2 Å². The van der Waals surface area contributed by atoms with E-state index in [2.05, 4.69) is 0 Å². The molecule has 1 aromatic rings. The molecule has 2 rings (SSSR count). The summed E-state index contributed by atoms with van der Waals surface area (Å²) in [6.45, 7) is 0.641. The standard InChI is InChI=1S/C9H10O6S3/c10-17(11)9-2-1-7(18(12,13)14)3-8(9)16-5-6-4-15-6/h1-3,6H,4-5H2,(H,10,11)(H,12,13,14). The fourth-order valence-electron chi connectivity index (χ4n) is 1.25. The molecule has 0 spiro atoms. The summed E-state index contributed by atoms with van der Waals surface area (Å²) in [7, 11) is -4.32. The Bertz CT molecular complexity index is 578. The van der Waals surface area contributed by atoms with E-state index in [1.54, 1.807) is 0 Å². The van der Waals surface area contributed by atoms with Crippen molar-refractivity contribution in [1.82, 2.24) is 0 Å². The summed E-state index contributed by atoms with van der Waals surface area (Å²) in [4.78, 5) is 0.172. The van der Waals surface area contributed by atoms with Gasteiger partial charge in [-0.1, -0.05) is 0 Å². The van der Waals surface area contributed by atoms with E-state index in [1.165, 1.54) is 23.9 Å². The van der Waals surface area contributed by atoms with E-state index < -0.39 is 21.2 Å². The van der Waals surface area contributed by atoms with Crippen molar-refractivity contribution < 1.29 is 26.5 Å². The van der Waals surface area contributed by atoms with Crippen LogP contribution in [0.4, 0.5) is 0 Å². The Morgan fingerprint density at radius 3 is 2.67 bits per heavy atom. The Balaban J connectivity index is 2.33. The number of hydrogen-bond donors (Lipinski definition) is 2. The molecule has 1 fully saturated rings. The molecule has 0 aliphatic carbocycles. The second kappa shape index (κ2) is 5.27. The fourth-order valence-corrected chi connectivity index (χ4v) is 3.62. The van der Waals surface area contributed by atoms with Crippen LogP contribution in [0.3, 0.4) is 0 Å². The first-order valence-electron chi connectivity index (χ1n) is 4.85. The first-order chi connectivity index (χ1) is 8.38. The van der Waals surface area contributed by atoms with E-state index >= 15 is 0 Å². The van der Waals surface area contributed by atoms with Crippen LogP contribution < -0.4 is 0 Å². The van der Waals surface area contributed by atoms with Crippen molar-refractivity contribution in [2.45, 2.75) is 20.8 Å². The van der Waals surface area contributed by atoms with E-state index in [0.29, 0.717) is 17.3 Å². The van der Waals surface area contributed by atoms with E-state index in [9.17, 15) is 12.6 Å². The van der Waals surface area contributed by atoms with Crippen LogP contribution in [0.2, 0.25) is 0 Å². The SMILES string of the molecule is O=S(O)c1ccc(S(=O)(=O)O)cc1SCC1CO1. The summed E-state index contributed by atoms with van der Waals surface area (Å²) in [6, 6.07) is 3.50. The zero-order valence-electron chi connectivity index (χ0n) is 8.98. The van der Waals surface area contributed by atoms with Crippen molar-refractivity contribution in [2.75, 3.05) is 12.4 Å². The first-order valence-corrected chi connectivity index (χ1v) is 8.38. The highest BCUT2D eigenvalue weighted by molar-refractivity contribution is 7.99. The van der Waals surface area contributed by atoms with Gasteiger partial charge in [-0.25, -0.2) is 4.21 Å². The largest absolute Gasteiger partial charge is 0.372 e. The molecule has 1 aliphatic heterocycles. The molecule has 0 bridgehead atoms. The van der Waals surface area contributed by atoms with E-state index in [-0.39, 0.29) is 15.9 Å². The lowest BCUT2D eigenvalue weighted by Gasteiger charge is -2.07. The zero-order chi connectivity index (χ0) is 13.3. The normalized spacial score (nSPS) is 20.7. The van der Waals surface area contributed by atoms with Gasteiger partial charge in [0.05, 0.1) is 22.5 Å². The molecular formula is C9H10O6S3. The fraction of sp³-hybridized carbons (Fsp3) is 0.333. The predicted molar refractivity (Wildman–Crippen MR) is 65.8 cm³/mol. The molecule has 0 amide bonds. The lowest BCUT2D eigenvalue weighted by Crippen LogP contribution is -2.01. The molecule has 100 valence electrons. The molecule has 6 nitrogen and oxygen atoms in total. The highest BCUT2D eigenvalue weighted by atomic mass is 32.2. The van der Waals surface area contributed by atoms with Crippen LogP contribution in [0.25, 0.3) is 0 Å². The Morgan fingerprint density at radius 1 is 1.50 bits per heavy atom. The van der Waals surface area contributed by atoms with Crippen molar-refractivity contribution in [3.05, 3.63) is 18.2 Å². The van der Waals surface area contributed by atoms with Gasteiger partial charge in [0.15, 0.2) is 11.1 Å². The second-order valence-electron chi connectivity index (χ2n) is 3.60. The van der Waals surface area contributed by atoms with Gasteiger partial charge in [-0.2, -0.15) is 8.42 Å². The highest BCUT2D eigenvalue weighted by Crippen LogP contribution is 2.30. The minimum Gasteiger partial charge on any atom is -0.372 e. The third-order valence-electron chi connectivity index (χ3n) is 2.23. The topological polar surface area (TPSA) is 104 Å². The third kappa shape index (κ3) is 3.53. The van der Waals surface area contributed by atoms with Crippen LogP contribution in [0.1, 0.15) is 0 Å². The minimum absolute atomic E-state index is 0.101. The molecule has 0 saturated carbocycles. The van der Waals surface area contributed by atoms with Crippen molar-refractivity contribution in [3.63, 3.8) is 0 Å². The molecule has 1 aliphatic rings. The number of ether oxygens (including phenoxy) is 1. The summed E-state index contributed by atoms with van der Waals surface area (Å²) in [5.41, 5.74) is 0. The van der Waals surface area contributed by atoms with E-state index in [0.717, 1.165) is 6.07 Å². The molecule has 1 aromatic carbocycles. The van der Waals surface area contributed by atoms with Gasteiger partial charge in [-0.3, -0.25) is 4.55 Å². The number of benzene rings is 1. The molecule has 0 radical (unpaired) electrons. The van der Waals surface area contributed by atoms with Crippen molar-refractivity contribution >= 4 is 33.0 Å². The Labute approximate surface area is 111 Å². The number of epoxide rings is 1.